The largest absolute Gasteiger partial charge is 0.390 e. The SMILES string of the molecule is CS(=O)(=O)c1ccc(C(CC(=O)Nc2cnc(CO)cn2)C2CCCC2)cc1Cl. The third-order valence-electron chi connectivity index (χ3n) is 5.29. The Bertz CT molecular complexity index is 974. The molecule has 1 aliphatic carbocycles. The van der Waals surface area contributed by atoms with Crippen LogP contribution in [0.1, 0.15) is 49.3 Å². The van der Waals surface area contributed by atoms with Gasteiger partial charge >= 0.3 is 0 Å². The van der Waals surface area contributed by atoms with Crippen molar-refractivity contribution >= 4 is 33.2 Å². The molecule has 7 nitrogen and oxygen atoms in total. The lowest BCUT2D eigenvalue weighted by molar-refractivity contribution is -0.116. The number of nitrogens with zero attached hydrogens (tertiary/aromatic N) is 2. The molecule has 1 saturated carbocycles. The van der Waals surface area contributed by atoms with Crippen LogP contribution < -0.4 is 5.32 Å². The minimum atomic E-state index is -3.41. The van der Waals surface area contributed by atoms with Gasteiger partial charge in [0.25, 0.3) is 0 Å². The van der Waals surface area contributed by atoms with E-state index in [1.54, 1.807) is 12.1 Å². The molecule has 29 heavy (non-hydrogen) atoms. The highest BCUT2D eigenvalue weighted by Crippen LogP contribution is 2.40. The van der Waals surface area contributed by atoms with Crippen LogP contribution in [-0.2, 0) is 21.2 Å². The number of benzene rings is 1. The van der Waals surface area contributed by atoms with E-state index in [1.165, 1.54) is 18.5 Å². The standard InChI is InChI=1S/C20H24ClN3O4S/c1-29(27,28)18-7-6-14(8-17(18)21)16(13-4-2-3-5-13)9-20(26)24-19-11-22-15(12-25)10-23-19/h6-8,10-11,13,16,25H,2-5,9,12H2,1H3,(H,23,24,26). The van der Waals surface area contributed by atoms with E-state index in [-0.39, 0.29) is 34.8 Å². The van der Waals surface area contributed by atoms with Crippen molar-refractivity contribution in [2.45, 2.75) is 49.5 Å². The van der Waals surface area contributed by atoms with Crippen molar-refractivity contribution in [2.75, 3.05) is 11.6 Å². The number of aromatic nitrogens is 2. The molecular weight excluding hydrogens is 414 g/mol. The number of hydrogen-bond donors (Lipinski definition) is 2. The van der Waals surface area contributed by atoms with Crippen molar-refractivity contribution < 1.29 is 18.3 Å². The van der Waals surface area contributed by atoms with E-state index in [0.717, 1.165) is 37.5 Å². The normalized spacial score (nSPS) is 16.0. The molecule has 0 spiro atoms. The van der Waals surface area contributed by atoms with E-state index < -0.39 is 9.84 Å². The summed E-state index contributed by atoms with van der Waals surface area (Å²) in [6.45, 7) is -0.213. The minimum absolute atomic E-state index is 0.0618. The van der Waals surface area contributed by atoms with Crippen LogP contribution >= 0.6 is 11.6 Å². The summed E-state index contributed by atoms with van der Waals surface area (Å²) in [5.74, 6) is 0.399. The molecule has 1 fully saturated rings. The summed E-state index contributed by atoms with van der Waals surface area (Å²) < 4.78 is 23.7. The Hall–Kier alpha value is -2.03. The van der Waals surface area contributed by atoms with Crippen LogP contribution in [0.2, 0.25) is 5.02 Å². The maximum Gasteiger partial charge on any atom is 0.226 e. The number of amides is 1. The number of anilines is 1. The lowest BCUT2D eigenvalue weighted by Crippen LogP contribution is -2.20. The second kappa shape index (κ2) is 9.19. The van der Waals surface area contributed by atoms with Crippen LogP contribution in [0.5, 0.6) is 0 Å². The molecule has 1 aromatic heterocycles. The highest BCUT2D eigenvalue weighted by molar-refractivity contribution is 7.90. The Morgan fingerprint density at radius 2 is 2.00 bits per heavy atom. The number of hydrogen-bond acceptors (Lipinski definition) is 6. The van der Waals surface area contributed by atoms with Crippen LogP contribution in [0.25, 0.3) is 0 Å². The van der Waals surface area contributed by atoms with E-state index >= 15 is 0 Å². The number of carbonyl (C=O) groups is 1. The van der Waals surface area contributed by atoms with Crippen LogP contribution in [0.4, 0.5) is 5.82 Å². The highest BCUT2D eigenvalue weighted by atomic mass is 35.5. The molecule has 0 saturated heterocycles. The number of halogens is 1. The zero-order valence-corrected chi connectivity index (χ0v) is 17.7. The Morgan fingerprint density at radius 1 is 1.28 bits per heavy atom. The van der Waals surface area contributed by atoms with E-state index in [0.29, 0.717) is 17.4 Å². The fourth-order valence-corrected chi connectivity index (χ4v) is 5.20. The van der Waals surface area contributed by atoms with Gasteiger partial charge in [-0.3, -0.25) is 9.78 Å². The molecular formula is C20H24ClN3O4S. The average molecular weight is 438 g/mol. The predicted octanol–water partition coefficient (Wildman–Crippen LogP) is 3.33. The van der Waals surface area contributed by atoms with Crippen LogP contribution in [-0.4, -0.2) is 35.7 Å². The van der Waals surface area contributed by atoms with Gasteiger partial charge in [-0.05, 0) is 42.4 Å². The molecule has 2 N–H and O–H groups in total. The van der Waals surface area contributed by atoms with Crippen molar-refractivity contribution in [2.24, 2.45) is 5.92 Å². The molecule has 2 aromatic rings. The van der Waals surface area contributed by atoms with Gasteiger partial charge in [0.15, 0.2) is 15.7 Å². The fraction of sp³-hybridized carbons (Fsp3) is 0.450. The average Bonchev–Trinajstić information content (AvgIpc) is 3.20. The second-order valence-corrected chi connectivity index (χ2v) is 9.81. The quantitative estimate of drug-likeness (QED) is 0.687. The zero-order chi connectivity index (χ0) is 21.0. The molecule has 1 unspecified atom stereocenters. The second-order valence-electron chi connectivity index (χ2n) is 7.42. The summed E-state index contributed by atoms with van der Waals surface area (Å²) in [6, 6.07) is 4.95. The first-order chi connectivity index (χ1) is 13.8. The van der Waals surface area contributed by atoms with Gasteiger partial charge in [-0.2, -0.15) is 0 Å². The number of rotatable bonds is 7. The van der Waals surface area contributed by atoms with Crippen molar-refractivity contribution in [1.82, 2.24) is 9.97 Å². The van der Waals surface area contributed by atoms with Crippen molar-refractivity contribution in [3.63, 3.8) is 0 Å². The first-order valence-electron chi connectivity index (χ1n) is 9.49. The molecule has 3 rings (SSSR count). The third-order valence-corrected chi connectivity index (χ3v) is 6.87. The van der Waals surface area contributed by atoms with Gasteiger partial charge in [-0.25, -0.2) is 13.4 Å². The van der Waals surface area contributed by atoms with Gasteiger partial charge in [0.2, 0.25) is 5.91 Å². The van der Waals surface area contributed by atoms with E-state index in [2.05, 4.69) is 15.3 Å². The van der Waals surface area contributed by atoms with Crippen LogP contribution in [0, 0.1) is 5.92 Å². The number of aliphatic hydroxyl groups is 1. The maximum atomic E-state index is 12.7. The number of aliphatic hydroxyl groups excluding tert-OH is 1. The summed E-state index contributed by atoms with van der Waals surface area (Å²) in [4.78, 5) is 20.8. The zero-order valence-electron chi connectivity index (χ0n) is 16.1. The van der Waals surface area contributed by atoms with E-state index in [1.807, 2.05) is 0 Å². The predicted molar refractivity (Wildman–Crippen MR) is 110 cm³/mol. The highest BCUT2D eigenvalue weighted by Gasteiger charge is 2.29. The van der Waals surface area contributed by atoms with Gasteiger partial charge < -0.3 is 10.4 Å². The summed E-state index contributed by atoms with van der Waals surface area (Å²) in [5.41, 5.74) is 1.29. The van der Waals surface area contributed by atoms with Gasteiger partial charge in [-0.15, -0.1) is 0 Å². The van der Waals surface area contributed by atoms with Crippen molar-refractivity contribution in [3.05, 3.63) is 46.9 Å². The molecule has 1 amide bonds. The summed E-state index contributed by atoms with van der Waals surface area (Å²) >= 11 is 6.24. The number of sulfone groups is 1. The van der Waals surface area contributed by atoms with Gasteiger partial charge in [0.1, 0.15) is 0 Å². The molecule has 1 atom stereocenters. The minimum Gasteiger partial charge on any atom is -0.390 e. The molecule has 9 heteroatoms. The molecule has 0 aliphatic heterocycles. The molecule has 0 radical (unpaired) electrons. The lowest BCUT2D eigenvalue weighted by atomic mass is 9.82. The monoisotopic (exact) mass is 437 g/mol. The Morgan fingerprint density at radius 3 is 2.55 bits per heavy atom. The van der Waals surface area contributed by atoms with Crippen molar-refractivity contribution in [3.8, 4) is 0 Å². The molecule has 1 aliphatic rings. The maximum absolute atomic E-state index is 12.7. The third kappa shape index (κ3) is 5.52. The number of nitrogens with one attached hydrogen (secondary N) is 1. The van der Waals surface area contributed by atoms with E-state index in [4.69, 9.17) is 16.7 Å². The first-order valence-corrected chi connectivity index (χ1v) is 11.8. The molecule has 1 heterocycles. The number of carbonyl (C=O) groups excluding carboxylic acids is 1. The Kier molecular flexibility index (Phi) is 6.87. The molecule has 0 bridgehead atoms. The van der Waals surface area contributed by atoms with Gasteiger partial charge in [-0.1, -0.05) is 30.5 Å². The van der Waals surface area contributed by atoms with Crippen molar-refractivity contribution in [1.29, 1.82) is 0 Å². The molecule has 156 valence electrons. The summed E-state index contributed by atoms with van der Waals surface area (Å²) in [6.07, 6.45) is 8.46. The smallest absolute Gasteiger partial charge is 0.226 e. The molecule has 1 aromatic carbocycles. The topological polar surface area (TPSA) is 109 Å². The lowest BCUT2D eigenvalue weighted by Gasteiger charge is -2.24. The van der Waals surface area contributed by atoms with Crippen LogP contribution in [0.3, 0.4) is 0 Å². The Balaban J connectivity index is 1.80. The fourth-order valence-electron chi connectivity index (χ4n) is 3.86. The van der Waals surface area contributed by atoms with Gasteiger partial charge in [0.05, 0.1) is 34.6 Å². The first kappa shape index (κ1) is 21.7. The van der Waals surface area contributed by atoms with Gasteiger partial charge in [0, 0.05) is 12.7 Å². The summed E-state index contributed by atoms with van der Waals surface area (Å²) in [5, 5.41) is 12.0. The van der Waals surface area contributed by atoms with Crippen LogP contribution in [0.15, 0.2) is 35.5 Å². The Labute approximate surface area is 175 Å². The van der Waals surface area contributed by atoms with E-state index in [9.17, 15) is 13.2 Å². The summed E-state index contributed by atoms with van der Waals surface area (Å²) in [7, 11) is -3.41.